The van der Waals surface area contributed by atoms with Gasteiger partial charge in [-0.1, -0.05) is 18.2 Å². The Hall–Kier alpha value is -2.69. The number of alkyl halides is 3. The van der Waals surface area contributed by atoms with Crippen LogP contribution in [0.25, 0.3) is 10.9 Å². The lowest BCUT2D eigenvalue weighted by Gasteiger charge is -2.42. The minimum atomic E-state index is -3.45. The highest BCUT2D eigenvalue weighted by molar-refractivity contribution is 5.86. The van der Waals surface area contributed by atoms with Crippen molar-refractivity contribution in [2.45, 2.75) is 43.9 Å². The first kappa shape index (κ1) is 25.9. The molecule has 0 spiro atoms. The van der Waals surface area contributed by atoms with Crippen LogP contribution in [-0.2, 0) is 6.42 Å². The first-order chi connectivity index (χ1) is 17.7. The van der Waals surface area contributed by atoms with Crippen LogP contribution in [0, 0.1) is 11.6 Å². The molecule has 0 saturated carbocycles. The molecule has 3 aromatic rings. The summed E-state index contributed by atoms with van der Waals surface area (Å²) in [7, 11) is 0. The zero-order valence-corrected chi connectivity index (χ0v) is 20.5. The number of fused-ring (bicyclic) bond motifs is 3. The second kappa shape index (κ2) is 10.2. The second-order valence-corrected chi connectivity index (χ2v) is 10.0. The fourth-order valence-corrected chi connectivity index (χ4v) is 5.55. The molecule has 200 valence electrons. The Kier molecular flexibility index (Phi) is 7.17. The van der Waals surface area contributed by atoms with Gasteiger partial charge in [0.2, 0.25) is 0 Å². The van der Waals surface area contributed by atoms with Gasteiger partial charge in [-0.3, -0.25) is 14.2 Å². The summed E-state index contributed by atoms with van der Waals surface area (Å²) in [6.07, 6.45) is 0.540. The molecule has 2 aromatic carbocycles. The zero-order valence-electron chi connectivity index (χ0n) is 20.5. The number of hydrogen-bond donors (Lipinski definition) is 2. The molecule has 2 atom stereocenters. The van der Waals surface area contributed by atoms with E-state index in [2.05, 4.69) is 4.98 Å². The number of H-pyrrole nitrogens is 1. The van der Waals surface area contributed by atoms with Crippen LogP contribution in [-0.4, -0.2) is 77.4 Å². The molecule has 1 fully saturated rings. The van der Waals surface area contributed by atoms with Crippen molar-refractivity contribution in [1.82, 2.24) is 14.8 Å². The molecule has 37 heavy (non-hydrogen) atoms. The molecular formula is C27H30F5N3O2. The van der Waals surface area contributed by atoms with Crippen LogP contribution >= 0.6 is 0 Å². The first-order valence-corrected chi connectivity index (χ1v) is 12.5. The second-order valence-electron chi connectivity index (χ2n) is 10.0. The summed E-state index contributed by atoms with van der Waals surface area (Å²) in [6.45, 7) is 0.765. The number of aromatic amines is 1. The number of aliphatic hydroxyl groups is 1. The Morgan fingerprint density at radius 2 is 1.81 bits per heavy atom. The molecule has 0 bridgehead atoms. The summed E-state index contributed by atoms with van der Waals surface area (Å²) in [6, 6.07) is 7.82. The third kappa shape index (κ3) is 5.06. The van der Waals surface area contributed by atoms with Crippen molar-refractivity contribution < 1.29 is 31.8 Å². The molecule has 3 heterocycles. The Labute approximate surface area is 211 Å². The monoisotopic (exact) mass is 523 g/mol. The van der Waals surface area contributed by atoms with Crippen LogP contribution in [0.2, 0.25) is 0 Å². The number of nitrogens with one attached hydrogen (secondary N) is 1. The van der Waals surface area contributed by atoms with Crippen molar-refractivity contribution in [3.63, 3.8) is 0 Å². The molecular weight excluding hydrogens is 493 g/mol. The highest BCUT2D eigenvalue weighted by atomic mass is 19.3. The van der Waals surface area contributed by atoms with Crippen molar-refractivity contribution in [3.05, 3.63) is 64.9 Å². The van der Waals surface area contributed by atoms with Crippen molar-refractivity contribution in [1.29, 1.82) is 0 Å². The van der Waals surface area contributed by atoms with Gasteiger partial charge in [0.05, 0.1) is 19.3 Å². The fourth-order valence-electron chi connectivity index (χ4n) is 5.55. The normalized spacial score (nSPS) is 21.3. The van der Waals surface area contributed by atoms with Gasteiger partial charge in [-0.05, 0) is 19.4 Å². The van der Waals surface area contributed by atoms with Gasteiger partial charge in [0.25, 0.3) is 5.92 Å². The number of aromatic nitrogens is 1. The summed E-state index contributed by atoms with van der Waals surface area (Å²) in [5.41, 5.74) is 1.71. The van der Waals surface area contributed by atoms with E-state index in [1.807, 2.05) is 17.0 Å². The molecule has 10 heteroatoms. The van der Waals surface area contributed by atoms with Gasteiger partial charge in [-0.2, -0.15) is 0 Å². The first-order valence-electron chi connectivity index (χ1n) is 12.5. The summed E-state index contributed by atoms with van der Waals surface area (Å²) >= 11 is 0. The number of para-hydroxylation sites is 1. The van der Waals surface area contributed by atoms with Crippen molar-refractivity contribution in [2.24, 2.45) is 0 Å². The van der Waals surface area contributed by atoms with Gasteiger partial charge in [0.1, 0.15) is 30.1 Å². The maximum absolute atomic E-state index is 15.7. The fraction of sp³-hybridized carbons (Fsp3) is 0.481. The van der Waals surface area contributed by atoms with Gasteiger partial charge < -0.3 is 14.8 Å². The van der Waals surface area contributed by atoms with E-state index in [0.29, 0.717) is 43.4 Å². The van der Waals surface area contributed by atoms with E-state index in [0.717, 1.165) is 23.3 Å². The third-order valence-electron chi connectivity index (χ3n) is 7.30. The SMILES string of the molecule is C[C@H]1Cc2[nH]c3ccccc3c2[C@H](c2c(F)cc(OC3CN(CCCF)C3)cc2F)N1CC(F)(F)CO. The van der Waals surface area contributed by atoms with E-state index in [1.54, 1.807) is 19.1 Å². The maximum Gasteiger partial charge on any atom is 0.283 e. The Morgan fingerprint density at radius 3 is 2.49 bits per heavy atom. The number of aliphatic hydroxyl groups excluding tert-OH is 1. The largest absolute Gasteiger partial charge is 0.488 e. The summed E-state index contributed by atoms with van der Waals surface area (Å²) in [5.74, 6) is -5.22. The van der Waals surface area contributed by atoms with Gasteiger partial charge >= 0.3 is 0 Å². The van der Waals surface area contributed by atoms with Gasteiger partial charge in [-0.15, -0.1) is 0 Å². The summed E-state index contributed by atoms with van der Waals surface area (Å²) < 4.78 is 78.4. The van der Waals surface area contributed by atoms with E-state index < -0.39 is 49.5 Å². The number of nitrogens with zero attached hydrogens (tertiary/aromatic N) is 2. The minimum Gasteiger partial charge on any atom is -0.488 e. The number of likely N-dealkylation sites (tertiary alicyclic amines) is 1. The van der Waals surface area contributed by atoms with Crippen LogP contribution in [0.1, 0.15) is 36.2 Å². The average Bonchev–Trinajstić information content (AvgIpc) is 3.19. The van der Waals surface area contributed by atoms with E-state index in [-0.39, 0.29) is 17.4 Å². The van der Waals surface area contributed by atoms with Crippen LogP contribution in [0.4, 0.5) is 22.0 Å². The lowest BCUT2D eigenvalue weighted by atomic mass is 9.86. The molecule has 0 radical (unpaired) electrons. The molecule has 5 rings (SSSR count). The maximum atomic E-state index is 15.7. The molecule has 2 aliphatic rings. The minimum absolute atomic E-state index is 0.0177. The highest BCUT2D eigenvalue weighted by Gasteiger charge is 2.43. The third-order valence-corrected chi connectivity index (χ3v) is 7.30. The van der Waals surface area contributed by atoms with Crippen LogP contribution in [0.5, 0.6) is 5.75 Å². The smallest absolute Gasteiger partial charge is 0.283 e. The van der Waals surface area contributed by atoms with Crippen LogP contribution in [0.15, 0.2) is 36.4 Å². The summed E-state index contributed by atoms with van der Waals surface area (Å²) in [4.78, 5) is 6.66. The van der Waals surface area contributed by atoms with Gasteiger partial charge in [0.15, 0.2) is 0 Å². The van der Waals surface area contributed by atoms with Crippen molar-refractivity contribution >= 4 is 10.9 Å². The molecule has 1 aromatic heterocycles. The standard InChI is InChI=1S/C27H30F5N3O2/c1-16-9-23-24(19-5-2-3-6-22(19)33-23)26(35(16)14-27(31,32)15-36)25-20(29)10-17(11-21(25)30)37-18-12-34(13-18)8-4-7-28/h2-3,5-6,10-11,16,18,26,33,36H,4,7-9,12-15H2,1H3/t16-,26+/m0/s1. The number of ether oxygens (including phenoxy) is 1. The summed E-state index contributed by atoms with van der Waals surface area (Å²) in [5, 5.41) is 9.95. The van der Waals surface area contributed by atoms with E-state index in [1.165, 1.54) is 4.90 Å². The number of benzene rings is 2. The van der Waals surface area contributed by atoms with Gasteiger partial charge in [0, 0.05) is 72.0 Å². The number of rotatable bonds is 9. The topological polar surface area (TPSA) is 51.7 Å². The molecule has 0 aliphatic carbocycles. The molecule has 2 aliphatic heterocycles. The molecule has 5 nitrogen and oxygen atoms in total. The Morgan fingerprint density at radius 1 is 1.11 bits per heavy atom. The quantitative estimate of drug-likeness (QED) is 0.395. The molecule has 0 unspecified atom stereocenters. The lowest BCUT2D eigenvalue weighted by molar-refractivity contribution is -0.0866. The van der Waals surface area contributed by atoms with Crippen molar-refractivity contribution in [3.8, 4) is 5.75 Å². The predicted molar refractivity (Wildman–Crippen MR) is 130 cm³/mol. The molecule has 2 N–H and O–H groups in total. The van der Waals surface area contributed by atoms with Crippen LogP contribution < -0.4 is 4.74 Å². The molecule has 0 amide bonds. The Balaban J connectivity index is 1.51. The van der Waals surface area contributed by atoms with E-state index in [4.69, 9.17) is 4.74 Å². The molecule has 1 saturated heterocycles. The zero-order chi connectivity index (χ0) is 26.3. The van der Waals surface area contributed by atoms with Crippen LogP contribution in [0.3, 0.4) is 0 Å². The number of halogens is 5. The van der Waals surface area contributed by atoms with E-state index >= 15 is 8.78 Å². The number of hydrogen-bond acceptors (Lipinski definition) is 4. The van der Waals surface area contributed by atoms with E-state index in [9.17, 15) is 18.3 Å². The average molecular weight is 524 g/mol. The Bertz CT molecular complexity index is 1240. The predicted octanol–water partition coefficient (Wildman–Crippen LogP) is 4.83. The lowest BCUT2D eigenvalue weighted by Crippen LogP contribution is -2.53. The van der Waals surface area contributed by atoms with Gasteiger partial charge in [-0.25, -0.2) is 17.6 Å². The highest BCUT2D eigenvalue weighted by Crippen LogP contribution is 2.45. The van der Waals surface area contributed by atoms with Crippen molar-refractivity contribution in [2.75, 3.05) is 39.5 Å².